The van der Waals surface area contributed by atoms with Crippen molar-refractivity contribution >= 4 is 11.9 Å². The summed E-state index contributed by atoms with van der Waals surface area (Å²) in [6.45, 7) is 3.11. The first-order chi connectivity index (χ1) is 16.0. The molecule has 2 aliphatic heterocycles. The van der Waals surface area contributed by atoms with Gasteiger partial charge < -0.3 is 15.7 Å². The predicted octanol–water partition coefficient (Wildman–Crippen LogP) is 3.08. The quantitative estimate of drug-likeness (QED) is 0.641. The Balaban J connectivity index is 1.31. The van der Waals surface area contributed by atoms with Crippen molar-refractivity contribution in [2.75, 3.05) is 26.2 Å². The van der Waals surface area contributed by atoms with Crippen LogP contribution in [-0.4, -0.2) is 54.1 Å². The number of fused-ring (bicyclic) bond motifs is 2. The monoisotopic (exact) mass is 451 g/mol. The van der Waals surface area contributed by atoms with Crippen LogP contribution in [0.5, 0.6) is 0 Å². The number of carboxylic acid groups (broad SMARTS) is 1. The highest BCUT2D eigenvalue weighted by Gasteiger charge is 2.51. The molecule has 6 aliphatic rings. The number of hydrogen-bond acceptors (Lipinski definition) is 4. The molecule has 1 atom stereocenters. The molecule has 2 heterocycles. The van der Waals surface area contributed by atoms with E-state index in [0.717, 1.165) is 49.9 Å². The Bertz CT molecular complexity index is 897. The van der Waals surface area contributed by atoms with Crippen LogP contribution in [0.25, 0.3) is 0 Å². The molecule has 178 valence electrons. The van der Waals surface area contributed by atoms with Crippen molar-refractivity contribution in [2.45, 2.75) is 68.9 Å². The van der Waals surface area contributed by atoms with Gasteiger partial charge in [0.2, 0.25) is 5.91 Å². The first-order valence-corrected chi connectivity index (χ1v) is 13.1. The molecular formula is C27H37N3O3. The van der Waals surface area contributed by atoms with Gasteiger partial charge >= 0.3 is 5.97 Å². The smallest absolute Gasteiger partial charge is 0.304 e. The number of aliphatic carboxylic acids is 1. The molecule has 4 aliphatic carbocycles. The van der Waals surface area contributed by atoms with Crippen LogP contribution in [0.2, 0.25) is 0 Å². The van der Waals surface area contributed by atoms with Crippen molar-refractivity contribution in [3.63, 3.8) is 0 Å². The molecule has 1 saturated heterocycles. The molecule has 7 rings (SSSR count). The minimum absolute atomic E-state index is 0.000248. The Morgan fingerprint density at radius 3 is 2.36 bits per heavy atom. The molecule has 1 aromatic carbocycles. The summed E-state index contributed by atoms with van der Waals surface area (Å²) in [5.41, 5.74) is 2.40. The van der Waals surface area contributed by atoms with Crippen LogP contribution in [0.15, 0.2) is 24.3 Å². The highest BCUT2D eigenvalue weighted by molar-refractivity contribution is 5.84. The minimum atomic E-state index is -0.798. The topological polar surface area (TPSA) is 81.7 Å². The standard InChI is InChI=1S/C27H37N3O3/c31-23(32)5-10-30-16-27(6-8-28-9-7-27)22-4-2-1-3-21(22)25(30)26(33)29-24-19-12-17-11-18(14-19)15-20(24)13-17/h1-4,17-20,24-25,28H,5-16H2,(H,29,33)(H,31,32)/t17?,18?,19?,20?,24?,25-/m1/s1. The molecule has 4 saturated carbocycles. The van der Waals surface area contributed by atoms with E-state index in [1.807, 2.05) is 6.07 Å². The summed E-state index contributed by atoms with van der Waals surface area (Å²) in [6, 6.07) is 8.39. The fourth-order valence-electron chi connectivity index (χ4n) is 8.47. The molecule has 5 fully saturated rings. The Kier molecular flexibility index (Phi) is 5.49. The van der Waals surface area contributed by atoms with Gasteiger partial charge in [-0.05, 0) is 92.8 Å². The van der Waals surface area contributed by atoms with E-state index in [1.54, 1.807) is 0 Å². The van der Waals surface area contributed by atoms with Gasteiger partial charge in [0.05, 0.1) is 6.42 Å². The van der Waals surface area contributed by atoms with Gasteiger partial charge in [-0.15, -0.1) is 0 Å². The Morgan fingerprint density at radius 2 is 1.70 bits per heavy atom. The molecule has 33 heavy (non-hydrogen) atoms. The number of carbonyl (C=O) groups excluding carboxylic acids is 1. The van der Waals surface area contributed by atoms with E-state index in [0.29, 0.717) is 24.4 Å². The molecule has 0 unspecified atom stereocenters. The molecule has 1 amide bonds. The van der Waals surface area contributed by atoms with Gasteiger partial charge in [0.1, 0.15) is 6.04 Å². The lowest BCUT2D eigenvalue weighted by molar-refractivity contribution is -0.139. The van der Waals surface area contributed by atoms with E-state index in [1.165, 1.54) is 37.7 Å². The maximum atomic E-state index is 14.0. The van der Waals surface area contributed by atoms with Gasteiger partial charge in [-0.3, -0.25) is 14.5 Å². The second-order valence-corrected chi connectivity index (χ2v) is 11.6. The number of carbonyl (C=O) groups is 2. The molecule has 0 radical (unpaired) electrons. The van der Waals surface area contributed by atoms with Crippen molar-refractivity contribution in [1.82, 2.24) is 15.5 Å². The second kappa shape index (κ2) is 8.38. The van der Waals surface area contributed by atoms with E-state index in [-0.39, 0.29) is 17.7 Å². The number of piperidine rings is 1. The molecule has 1 spiro atoms. The summed E-state index contributed by atoms with van der Waals surface area (Å²) >= 11 is 0. The predicted molar refractivity (Wildman–Crippen MR) is 126 cm³/mol. The third-order valence-electron chi connectivity index (χ3n) is 9.66. The molecule has 6 nitrogen and oxygen atoms in total. The average Bonchev–Trinajstić information content (AvgIpc) is 2.80. The molecule has 1 aromatic rings. The number of amides is 1. The summed E-state index contributed by atoms with van der Waals surface area (Å²) in [5.74, 6) is 2.31. The lowest BCUT2D eigenvalue weighted by atomic mass is 9.54. The lowest BCUT2D eigenvalue weighted by Crippen LogP contribution is -2.60. The molecule has 0 aromatic heterocycles. The van der Waals surface area contributed by atoms with Crippen LogP contribution >= 0.6 is 0 Å². The maximum Gasteiger partial charge on any atom is 0.304 e. The minimum Gasteiger partial charge on any atom is -0.481 e. The van der Waals surface area contributed by atoms with Crippen LogP contribution in [0.3, 0.4) is 0 Å². The zero-order valence-corrected chi connectivity index (χ0v) is 19.5. The van der Waals surface area contributed by atoms with Gasteiger partial charge in [0.15, 0.2) is 0 Å². The van der Waals surface area contributed by atoms with Crippen LogP contribution in [0.4, 0.5) is 0 Å². The van der Waals surface area contributed by atoms with E-state index in [9.17, 15) is 14.7 Å². The van der Waals surface area contributed by atoms with E-state index >= 15 is 0 Å². The normalized spacial score (nSPS) is 36.5. The summed E-state index contributed by atoms with van der Waals surface area (Å²) < 4.78 is 0. The average molecular weight is 452 g/mol. The van der Waals surface area contributed by atoms with Crippen LogP contribution < -0.4 is 10.6 Å². The Hall–Kier alpha value is -1.92. The van der Waals surface area contributed by atoms with Crippen LogP contribution in [-0.2, 0) is 15.0 Å². The van der Waals surface area contributed by atoms with Gasteiger partial charge in [0, 0.05) is 24.5 Å². The number of nitrogens with one attached hydrogen (secondary N) is 2. The van der Waals surface area contributed by atoms with E-state index < -0.39 is 12.0 Å². The summed E-state index contributed by atoms with van der Waals surface area (Å²) in [4.78, 5) is 27.6. The first kappa shape index (κ1) is 21.6. The zero-order chi connectivity index (χ0) is 22.6. The summed E-state index contributed by atoms with van der Waals surface area (Å²) in [7, 11) is 0. The lowest BCUT2D eigenvalue weighted by Gasteiger charge is -2.55. The molecule has 3 N–H and O–H groups in total. The summed E-state index contributed by atoms with van der Waals surface area (Å²) in [5, 5.41) is 16.4. The van der Waals surface area contributed by atoms with Crippen molar-refractivity contribution in [2.24, 2.45) is 23.7 Å². The Morgan fingerprint density at radius 1 is 1.03 bits per heavy atom. The molecular weight excluding hydrogens is 414 g/mol. The van der Waals surface area contributed by atoms with Gasteiger partial charge in [-0.25, -0.2) is 0 Å². The molecule has 6 heteroatoms. The first-order valence-electron chi connectivity index (χ1n) is 13.1. The number of nitrogens with zero attached hydrogens (tertiary/aromatic N) is 1. The maximum absolute atomic E-state index is 14.0. The van der Waals surface area contributed by atoms with Crippen LogP contribution in [0, 0.1) is 23.7 Å². The van der Waals surface area contributed by atoms with Gasteiger partial charge in [0.25, 0.3) is 0 Å². The number of benzene rings is 1. The highest BCUT2D eigenvalue weighted by Crippen LogP contribution is 2.54. The number of hydrogen-bond donors (Lipinski definition) is 3. The van der Waals surface area contributed by atoms with Crippen LogP contribution in [0.1, 0.15) is 68.5 Å². The van der Waals surface area contributed by atoms with Crippen molar-refractivity contribution in [1.29, 1.82) is 0 Å². The van der Waals surface area contributed by atoms with Crippen molar-refractivity contribution < 1.29 is 14.7 Å². The number of carboxylic acids is 1. The van der Waals surface area contributed by atoms with Crippen molar-refractivity contribution in [3.8, 4) is 0 Å². The van der Waals surface area contributed by atoms with Gasteiger partial charge in [-0.2, -0.15) is 0 Å². The summed E-state index contributed by atoms with van der Waals surface area (Å²) in [6.07, 6.45) is 8.63. The third kappa shape index (κ3) is 3.79. The van der Waals surface area contributed by atoms with Crippen molar-refractivity contribution in [3.05, 3.63) is 35.4 Å². The second-order valence-electron chi connectivity index (χ2n) is 11.6. The third-order valence-corrected chi connectivity index (χ3v) is 9.66. The Labute approximate surface area is 196 Å². The largest absolute Gasteiger partial charge is 0.481 e. The number of rotatable bonds is 5. The fraction of sp³-hybridized carbons (Fsp3) is 0.704. The molecule has 4 bridgehead atoms. The fourth-order valence-corrected chi connectivity index (χ4v) is 8.47. The van der Waals surface area contributed by atoms with E-state index in [4.69, 9.17) is 0 Å². The van der Waals surface area contributed by atoms with E-state index in [2.05, 4.69) is 33.7 Å². The zero-order valence-electron chi connectivity index (χ0n) is 19.5. The highest BCUT2D eigenvalue weighted by atomic mass is 16.4. The SMILES string of the molecule is O=C(O)CCN1CC2(CCNCC2)c2ccccc2[C@@H]1C(=O)NC1C2CC3CC(C2)CC1C3. The van der Waals surface area contributed by atoms with Gasteiger partial charge in [-0.1, -0.05) is 24.3 Å².